The number of halogens is 1. The first-order valence-electron chi connectivity index (χ1n) is 5.51. The van der Waals surface area contributed by atoms with Crippen molar-refractivity contribution >= 4 is 0 Å². The van der Waals surface area contributed by atoms with E-state index in [1.54, 1.807) is 12.1 Å². The third-order valence-electron chi connectivity index (χ3n) is 2.33. The minimum Gasteiger partial charge on any atom is -0.244 e. The van der Waals surface area contributed by atoms with Crippen molar-refractivity contribution in [2.45, 2.75) is 13.3 Å². The Morgan fingerprint density at radius 2 is 1.94 bits per heavy atom. The number of aryl methyl sites for hydroxylation is 1. The number of hydrogen-bond acceptors (Lipinski definition) is 1. The summed E-state index contributed by atoms with van der Waals surface area (Å²) in [5, 5.41) is 0. The molecule has 1 nitrogen and oxygen atoms in total. The summed E-state index contributed by atoms with van der Waals surface area (Å²) in [5.74, 6) is 5.56. The normalized spacial score (nSPS) is 9.53. The molecule has 0 saturated heterocycles. The molecule has 1 heterocycles. The topological polar surface area (TPSA) is 12.9 Å². The van der Waals surface area contributed by atoms with Crippen LogP contribution in [-0.2, 0) is 6.42 Å². The SMILES string of the molecule is CCc1cccc(C#Cc2cccc(F)c2)n1. The Morgan fingerprint density at radius 1 is 1.12 bits per heavy atom. The number of rotatable bonds is 1. The Balaban J connectivity index is 2.26. The lowest BCUT2D eigenvalue weighted by Gasteiger charge is -1.95. The highest BCUT2D eigenvalue weighted by Gasteiger charge is 1.93. The van der Waals surface area contributed by atoms with Crippen molar-refractivity contribution in [2.24, 2.45) is 0 Å². The van der Waals surface area contributed by atoms with Crippen LogP contribution in [0.1, 0.15) is 23.9 Å². The fourth-order valence-electron chi connectivity index (χ4n) is 1.45. The Kier molecular flexibility index (Phi) is 3.52. The molecule has 0 fully saturated rings. The largest absolute Gasteiger partial charge is 0.244 e. The third-order valence-corrected chi connectivity index (χ3v) is 2.33. The molecule has 0 spiro atoms. The molecule has 0 amide bonds. The zero-order valence-corrected chi connectivity index (χ0v) is 9.57. The quantitative estimate of drug-likeness (QED) is 0.679. The standard InChI is InChI=1S/C15H12FN/c1-2-14-7-4-8-15(17-14)10-9-12-5-3-6-13(16)11-12/h3-8,11H,2H2,1H3. The van der Waals surface area contributed by atoms with Crippen molar-refractivity contribution in [1.29, 1.82) is 0 Å². The lowest BCUT2D eigenvalue weighted by Crippen LogP contribution is -1.89. The van der Waals surface area contributed by atoms with Crippen molar-refractivity contribution in [3.05, 3.63) is 65.2 Å². The maximum Gasteiger partial charge on any atom is 0.124 e. The zero-order chi connectivity index (χ0) is 12.1. The van der Waals surface area contributed by atoms with E-state index < -0.39 is 0 Å². The van der Waals surface area contributed by atoms with E-state index in [9.17, 15) is 4.39 Å². The second-order valence-corrected chi connectivity index (χ2v) is 3.63. The van der Waals surface area contributed by atoms with Crippen LogP contribution < -0.4 is 0 Å². The summed E-state index contributed by atoms with van der Waals surface area (Å²) in [6, 6.07) is 12.0. The molecule has 1 aromatic carbocycles. The van der Waals surface area contributed by atoms with E-state index >= 15 is 0 Å². The first kappa shape index (κ1) is 11.3. The molecule has 2 rings (SSSR count). The predicted molar refractivity (Wildman–Crippen MR) is 66.0 cm³/mol. The lowest BCUT2D eigenvalue weighted by molar-refractivity contribution is 0.627. The summed E-state index contributed by atoms with van der Waals surface area (Å²) in [5.41, 5.74) is 2.39. The van der Waals surface area contributed by atoms with Crippen molar-refractivity contribution < 1.29 is 4.39 Å². The third kappa shape index (κ3) is 3.15. The number of aromatic nitrogens is 1. The second-order valence-electron chi connectivity index (χ2n) is 3.63. The van der Waals surface area contributed by atoms with Gasteiger partial charge in [-0.1, -0.05) is 25.0 Å². The molecule has 2 aromatic rings. The molecule has 0 bridgehead atoms. The van der Waals surface area contributed by atoms with Gasteiger partial charge in [0.1, 0.15) is 11.5 Å². The van der Waals surface area contributed by atoms with Gasteiger partial charge in [0.05, 0.1) is 0 Å². The van der Waals surface area contributed by atoms with Gasteiger partial charge in [0.25, 0.3) is 0 Å². The van der Waals surface area contributed by atoms with Crippen LogP contribution in [-0.4, -0.2) is 4.98 Å². The molecule has 0 N–H and O–H groups in total. The first-order chi connectivity index (χ1) is 8.28. The number of pyridine rings is 1. The molecule has 84 valence electrons. The van der Waals surface area contributed by atoms with E-state index in [0.717, 1.165) is 12.1 Å². The minimum atomic E-state index is -0.271. The van der Waals surface area contributed by atoms with E-state index in [0.29, 0.717) is 11.3 Å². The van der Waals surface area contributed by atoms with Crippen LogP contribution in [0.2, 0.25) is 0 Å². The van der Waals surface area contributed by atoms with Crippen molar-refractivity contribution in [2.75, 3.05) is 0 Å². The molecule has 0 atom stereocenters. The molecule has 1 aromatic heterocycles. The van der Waals surface area contributed by atoms with Crippen LogP contribution >= 0.6 is 0 Å². The highest BCUT2D eigenvalue weighted by molar-refractivity contribution is 5.40. The molecule has 17 heavy (non-hydrogen) atoms. The maximum absolute atomic E-state index is 12.9. The van der Waals surface area contributed by atoms with Gasteiger partial charge < -0.3 is 0 Å². The average Bonchev–Trinajstić information content (AvgIpc) is 2.37. The first-order valence-corrected chi connectivity index (χ1v) is 5.51. The zero-order valence-electron chi connectivity index (χ0n) is 9.57. The highest BCUT2D eigenvalue weighted by atomic mass is 19.1. The van der Waals surface area contributed by atoms with Crippen LogP contribution in [0.4, 0.5) is 4.39 Å². The summed E-state index contributed by atoms with van der Waals surface area (Å²) >= 11 is 0. The average molecular weight is 225 g/mol. The van der Waals surface area contributed by atoms with Crippen LogP contribution in [0.25, 0.3) is 0 Å². The van der Waals surface area contributed by atoms with Crippen molar-refractivity contribution in [3.8, 4) is 11.8 Å². The van der Waals surface area contributed by atoms with Gasteiger partial charge in [-0.3, -0.25) is 0 Å². The molecule has 0 aliphatic rings. The summed E-state index contributed by atoms with van der Waals surface area (Å²) in [7, 11) is 0. The van der Waals surface area contributed by atoms with Gasteiger partial charge in [-0.25, -0.2) is 9.37 Å². The summed E-state index contributed by atoms with van der Waals surface area (Å²) in [6.45, 7) is 2.05. The van der Waals surface area contributed by atoms with Crippen LogP contribution in [0.3, 0.4) is 0 Å². The molecule has 0 aliphatic carbocycles. The second kappa shape index (κ2) is 5.27. The van der Waals surface area contributed by atoms with E-state index in [4.69, 9.17) is 0 Å². The Morgan fingerprint density at radius 3 is 2.71 bits per heavy atom. The van der Waals surface area contributed by atoms with E-state index in [1.165, 1.54) is 12.1 Å². The fourth-order valence-corrected chi connectivity index (χ4v) is 1.45. The number of benzene rings is 1. The monoisotopic (exact) mass is 225 g/mol. The molecular weight excluding hydrogens is 213 g/mol. The van der Waals surface area contributed by atoms with Gasteiger partial charge in [-0.05, 0) is 42.7 Å². The molecule has 0 radical (unpaired) electrons. The Hall–Kier alpha value is -2.14. The highest BCUT2D eigenvalue weighted by Crippen LogP contribution is 2.03. The van der Waals surface area contributed by atoms with E-state index in [-0.39, 0.29) is 5.82 Å². The molecular formula is C15H12FN. The maximum atomic E-state index is 12.9. The number of hydrogen-bond donors (Lipinski definition) is 0. The summed E-state index contributed by atoms with van der Waals surface area (Å²) in [6.07, 6.45) is 0.884. The van der Waals surface area contributed by atoms with Crippen LogP contribution in [0.5, 0.6) is 0 Å². The van der Waals surface area contributed by atoms with Gasteiger partial charge >= 0.3 is 0 Å². The molecule has 0 unspecified atom stereocenters. The van der Waals surface area contributed by atoms with E-state index in [2.05, 4.69) is 16.8 Å². The number of nitrogens with zero attached hydrogens (tertiary/aromatic N) is 1. The minimum absolute atomic E-state index is 0.271. The lowest BCUT2D eigenvalue weighted by atomic mass is 10.2. The van der Waals surface area contributed by atoms with Gasteiger partial charge in [0.15, 0.2) is 0 Å². The Labute approximate surface area is 100 Å². The molecule has 0 aliphatic heterocycles. The van der Waals surface area contributed by atoms with E-state index in [1.807, 2.05) is 25.1 Å². The predicted octanol–water partition coefficient (Wildman–Crippen LogP) is 3.18. The van der Waals surface area contributed by atoms with Crippen molar-refractivity contribution in [1.82, 2.24) is 4.98 Å². The van der Waals surface area contributed by atoms with Gasteiger partial charge in [-0.15, -0.1) is 0 Å². The van der Waals surface area contributed by atoms with Gasteiger partial charge in [0, 0.05) is 11.3 Å². The van der Waals surface area contributed by atoms with Crippen molar-refractivity contribution in [3.63, 3.8) is 0 Å². The molecule has 0 saturated carbocycles. The smallest absolute Gasteiger partial charge is 0.124 e. The summed E-state index contributed by atoms with van der Waals surface area (Å²) < 4.78 is 12.9. The summed E-state index contributed by atoms with van der Waals surface area (Å²) in [4.78, 5) is 4.36. The van der Waals surface area contributed by atoms with Crippen LogP contribution in [0, 0.1) is 17.7 Å². The van der Waals surface area contributed by atoms with Gasteiger partial charge in [-0.2, -0.15) is 0 Å². The van der Waals surface area contributed by atoms with Gasteiger partial charge in [0.2, 0.25) is 0 Å². The van der Waals surface area contributed by atoms with Crippen LogP contribution in [0.15, 0.2) is 42.5 Å². The molecule has 2 heteroatoms. The fraction of sp³-hybridized carbons (Fsp3) is 0.133. The Bertz CT molecular complexity index is 579.